The summed E-state index contributed by atoms with van der Waals surface area (Å²) in [7, 11) is 0. The summed E-state index contributed by atoms with van der Waals surface area (Å²) in [6.07, 6.45) is 7.31. The molecule has 9 nitrogen and oxygen atoms in total. The molecule has 0 aliphatic carbocycles. The Bertz CT molecular complexity index is 884. The van der Waals surface area contributed by atoms with Crippen molar-refractivity contribution in [2.24, 2.45) is 10.2 Å². The normalized spacial score (nSPS) is 16.9. The lowest BCUT2D eigenvalue weighted by molar-refractivity contribution is 0.0526. The van der Waals surface area contributed by atoms with Crippen LogP contribution in [0, 0.1) is 12.3 Å². The predicted molar refractivity (Wildman–Crippen MR) is 105 cm³/mol. The summed E-state index contributed by atoms with van der Waals surface area (Å²) in [6.45, 7) is 3.11. The van der Waals surface area contributed by atoms with Gasteiger partial charge in [0.2, 0.25) is 5.88 Å². The van der Waals surface area contributed by atoms with E-state index in [-0.39, 0.29) is 18.6 Å². The summed E-state index contributed by atoms with van der Waals surface area (Å²) < 4.78 is 6.03. The van der Waals surface area contributed by atoms with Crippen LogP contribution in [-0.2, 0) is 0 Å². The highest BCUT2D eigenvalue weighted by Crippen LogP contribution is 2.25. The fraction of sp³-hybridized carbons (Fsp3) is 0.368. The number of hydrogen-bond acceptors (Lipinski definition) is 8. The Morgan fingerprint density at radius 1 is 1.46 bits per heavy atom. The van der Waals surface area contributed by atoms with E-state index in [1.54, 1.807) is 29.4 Å². The molecule has 9 heteroatoms. The van der Waals surface area contributed by atoms with E-state index in [9.17, 15) is 4.79 Å². The Balaban J connectivity index is 1.73. The van der Waals surface area contributed by atoms with Crippen LogP contribution < -0.4 is 10.5 Å². The second-order valence-electron chi connectivity index (χ2n) is 6.48. The van der Waals surface area contributed by atoms with Gasteiger partial charge < -0.3 is 20.8 Å². The molecular weight excluding hydrogens is 358 g/mol. The zero-order chi connectivity index (χ0) is 19.9. The first-order valence-electron chi connectivity index (χ1n) is 9.07. The highest BCUT2D eigenvalue weighted by molar-refractivity contribution is 5.98. The highest BCUT2D eigenvalue weighted by atomic mass is 16.5. The van der Waals surface area contributed by atoms with E-state index < -0.39 is 0 Å². The second kappa shape index (κ2) is 9.03. The molecule has 0 aromatic carbocycles. The molecule has 1 fully saturated rings. The monoisotopic (exact) mass is 381 g/mol. The number of anilines is 1. The lowest BCUT2D eigenvalue weighted by Gasteiger charge is -2.33. The maximum Gasteiger partial charge on any atom is 0.257 e. The third kappa shape index (κ3) is 4.48. The van der Waals surface area contributed by atoms with Crippen molar-refractivity contribution in [3.8, 4) is 5.88 Å². The zero-order valence-electron chi connectivity index (χ0n) is 15.7. The van der Waals surface area contributed by atoms with E-state index in [2.05, 4.69) is 20.2 Å². The van der Waals surface area contributed by atoms with Crippen molar-refractivity contribution in [1.29, 1.82) is 5.41 Å². The number of nitrogens with two attached hydrogens (primary N) is 1. The van der Waals surface area contributed by atoms with Crippen LogP contribution in [-0.4, -0.2) is 52.7 Å². The number of piperidine rings is 1. The molecule has 1 amide bonds. The molecule has 1 aliphatic heterocycles. The van der Waals surface area contributed by atoms with Gasteiger partial charge >= 0.3 is 0 Å². The molecule has 28 heavy (non-hydrogen) atoms. The zero-order valence-corrected chi connectivity index (χ0v) is 15.7. The van der Waals surface area contributed by atoms with E-state index >= 15 is 0 Å². The molecule has 1 aliphatic rings. The van der Waals surface area contributed by atoms with Gasteiger partial charge in [0.1, 0.15) is 11.8 Å². The van der Waals surface area contributed by atoms with E-state index in [1.807, 2.05) is 6.92 Å². The molecule has 2 aromatic rings. The van der Waals surface area contributed by atoms with E-state index in [0.29, 0.717) is 35.9 Å². The minimum absolute atomic E-state index is 0.162. The highest BCUT2D eigenvalue weighted by Gasteiger charge is 2.28. The number of nitrogens with one attached hydrogen (secondary N) is 1. The fourth-order valence-corrected chi connectivity index (χ4v) is 2.99. The molecule has 3 N–H and O–H groups in total. The molecular formula is C19H23N7O2. The summed E-state index contributed by atoms with van der Waals surface area (Å²) >= 11 is 0. The van der Waals surface area contributed by atoms with Gasteiger partial charge in [-0.15, -0.1) is 0 Å². The van der Waals surface area contributed by atoms with Gasteiger partial charge in [0.15, 0.2) is 0 Å². The number of ether oxygens (including phenoxy) is 1. The van der Waals surface area contributed by atoms with Gasteiger partial charge in [-0.05, 0) is 31.9 Å². The Labute approximate surface area is 163 Å². The molecule has 3 heterocycles. The van der Waals surface area contributed by atoms with Crippen LogP contribution in [0.3, 0.4) is 0 Å². The average Bonchev–Trinajstić information content (AvgIpc) is 2.72. The van der Waals surface area contributed by atoms with Crippen LogP contribution >= 0.6 is 0 Å². The molecule has 0 bridgehead atoms. The number of aromatic nitrogens is 2. The maximum absolute atomic E-state index is 13.0. The van der Waals surface area contributed by atoms with Crippen molar-refractivity contribution in [1.82, 2.24) is 14.9 Å². The predicted octanol–water partition coefficient (Wildman–Crippen LogP) is 2.78. The Kier molecular flexibility index (Phi) is 6.25. The lowest BCUT2D eigenvalue weighted by Crippen LogP contribution is -2.44. The third-order valence-corrected chi connectivity index (χ3v) is 4.52. The van der Waals surface area contributed by atoms with Crippen LogP contribution in [0.25, 0.3) is 0 Å². The van der Waals surface area contributed by atoms with Crippen molar-refractivity contribution >= 4 is 23.5 Å². The summed E-state index contributed by atoms with van der Waals surface area (Å²) in [4.78, 5) is 23.1. The molecule has 2 aromatic heterocycles. The SMILES string of the molecule is Cc1c(N)ccnc1OC1CCCN(C(=O)c2cnccc2N=NCC=N)C1. The smallest absolute Gasteiger partial charge is 0.257 e. The number of nitrogen functional groups attached to an aromatic ring is 1. The van der Waals surface area contributed by atoms with Crippen LogP contribution in [0.4, 0.5) is 11.4 Å². The van der Waals surface area contributed by atoms with Gasteiger partial charge in [0, 0.05) is 42.6 Å². The minimum Gasteiger partial charge on any atom is -0.472 e. The molecule has 0 spiro atoms. The number of carbonyl (C=O) groups excluding carboxylic acids is 1. The van der Waals surface area contributed by atoms with Crippen LogP contribution in [0.5, 0.6) is 5.88 Å². The van der Waals surface area contributed by atoms with Crippen molar-refractivity contribution in [2.75, 3.05) is 25.4 Å². The number of pyridine rings is 2. The summed E-state index contributed by atoms with van der Waals surface area (Å²) in [5.41, 5.74) is 8.17. The standard InChI is InChI=1S/C19H23N7O2/c1-13-16(21)4-8-23-18(13)28-14-3-2-10-26(12-14)19(27)15-11-22-7-5-17(15)25-24-9-6-20/h4-8,11,14,20H,2-3,9-10,12H2,1H3,(H2,21,23). The minimum atomic E-state index is -0.164. The van der Waals surface area contributed by atoms with Crippen molar-refractivity contribution < 1.29 is 9.53 Å². The van der Waals surface area contributed by atoms with Crippen LogP contribution in [0.1, 0.15) is 28.8 Å². The maximum atomic E-state index is 13.0. The Morgan fingerprint density at radius 3 is 3.14 bits per heavy atom. The number of carbonyl (C=O) groups is 1. The van der Waals surface area contributed by atoms with Crippen LogP contribution in [0.2, 0.25) is 0 Å². The van der Waals surface area contributed by atoms with Crippen molar-refractivity contribution in [3.05, 3.63) is 41.9 Å². The Hall–Kier alpha value is -3.36. The number of azo groups is 1. The van der Waals surface area contributed by atoms with Gasteiger partial charge in [-0.25, -0.2) is 4.98 Å². The number of hydrogen-bond donors (Lipinski definition) is 2. The molecule has 0 saturated carbocycles. The first-order valence-corrected chi connectivity index (χ1v) is 9.07. The number of nitrogens with zero attached hydrogens (tertiary/aromatic N) is 5. The number of likely N-dealkylation sites (tertiary alicyclic amines) is 1. The summed E-state index contributed by atoms with van der Waals surface area (Å²) in [5, 5.41) is 14.9. The molecule has 1 atom stereocenters. The topological polar surface area (TPSA) is 130 Å². The average molecular weight is 381 g/mol. The first kappa shape index (κ1) is 19.4. The Morgan fingerprint density at radius 2 is 2.32 bits per heavy atom. The molecule has 146 valence electrons. The molecule has 1 unspecified atom stereocenters. The lowest BCUT2D eigenvalue weighted by atomic mass is 10.1. The fourth-order valence-electron chi connectivity index (χ4n) is 2.99. The molecule has 0 radical (unpaired) electrons. The summed E-state index contributed by atoms with van der Waals surface area (Å²) in [6, 6.07) is 3.37. The van der Waals surface area contributed by atoms with Crippen molar-refractivity contribution in [3.63, 3.8) is 0 Å². The number of amides is 1. The molecule has 3 rings (SSSR count). The van der Waals surface area contributed by atoms with Gasteiger partial charge in [-0.1, -0.05) is 0 Å². The van der Waals surface area contributed by atoms with Gasteiger partial charge in [0.25, 0.3) is 5.91 Å². The van der Waals surface area contributed by atoms with Gasteiger partial charge in [-0.3, -0.25) is 9.78 Å². The van der Waals surface area contributed by atoms with Gasteiger partial charge in [0.05, 0.1) is 18.7 Å². The van der Waals surface area contributed by atoms with Crippen molar-refractivity contribution in [2.45, 2.75) is 25.9 Å². The second-order valence-corrected chi connectivity index (χ2v) is 6.48. The van der Waals surface area contributed by atoms with E-state index in [1.165, 1.54) is 6.20 Å². The van der Waals surface area contributed by atoms with E-state index in [4.69, 9.17) is 15.9 Å². The van der Waals surface area contributed by atoms with E-state index in [0.717, 1.165) is 24.6 Å². The molecule has 1 saturated heterocycles. The summed E-state index contributed by atoms with van der Waals surface area (Å²) in [5.74, 6) is 0.337. The largest absolute Gasteiger partial charge is 0.472 e. The number of rotatable bonds is 6. The quantitative estimate of drug-likeness (QED) is 0.587. The van der Waals surface area contributed by atoms with Crippen LogP contribution in [0.15, 0.2) is 41.0 Å². The van der Waals surface area contributed by atoms with Gasteiger partial charge in [-0.2, -0.15) is 10.2 Å². The third-order valence-electron chi connectivity index (χ3n) is 4.52. The first-order chi connectivity index (χ1) is 13.6.